The van der Waals surface area contributed by atoms with Crippen molar-refractivity contribution < 1.29 is 19.1 Å². The number of aromatic nitrogens is 2. The predicted octanol–water partition coefficient (Wildman–Crippen LogP) is 2.06. The van der Waals surface area contributed by atoms with E-state index in [1.807, 2.05) is 13.8 Å². The summed E-state index contributed by atoms with van der Waals surface area (Å²) in [5, 5.41) is 4.93. The van der Waals surface area contributed by atoms with Crippen LogP contribution in [-0.4, -0.2) is 41.2 Å². The number of rotatable bonds is 7. The van der Waals surface area contributed by atoms with E-state index >= 15 is 0 Å². The highest BCUT2D eigenvalue weighted by molar-refractivity contribution is 7.16. The van der Waals surface area contributed by atoms with E-state index in [0.717, 1.165) is 4.68 Å². The first kappa shape index (κ1) is 21.3. The SMILES string of the molecule is COc1cc(C(=O)Nn2c(C)nc3sccc3c2=O)ccc1OCC(=O)NC(C)C. The highest BCUT2D eigenvalue weighted by Crippen LogP contribution is 2.28. The number of nitrogens with zero attached hydrogens (tertiary/aromatic N) is 2. The van der Waals surface area contributed by atoms with Gasteiger partial charge in [0.05, 0.1) is 12.5 Å². The Hall–Kier alpha value is -3.40. The van der Waals surface area contributed by atoms with E-state index in [2.05, 4.69) is 15.7 Å². The number of hydrogen-bond donors (Lipinski definition) is 2. The Balaban J connectivity index is 1.78. The number of ether oxygens (including phenoxy) is 2. The molecule has 1 aromatic carbocycles. The summed E-state index contributed by atoms with van der Waals surface area (Å²) in [5.74, 6) is 0.198. The standard InChI is InChI=1S/C20H22N4O5S/c1-11(2)21-17(25)10-29-15-6-5-13(9-16(15)28-4)18(26)23-24-12(3)22-19-14(20(24)27)7-8-30-19/h5-9,11H,10H2,1-4H3,(H,21,25)(H,23,26). The molecule has 0 saturated carbocycles. The van der Waals surface area contributed by atoms with Crippen LogP contribution in [0.3, 0.4) is 0 Å². The molecule has 2 heterocycles. The summed E-state index contributed by atoms with van der Waals surface area (Å²) in [7, 11) is 1.43. The van der Waals surface area contributed by atoms with E-state index in [1.165, 1.54) is 36.6 Å². The van der Waals surface area contributed by atoms with E-state index in [0.29, 0.717) is 21.8 Å². The number of amides is 2. The van der Waals surface area contributed by atoms with Crippen molar-refractivity contribution in [3.63, 3.8) is 0 Å². The fourth-order valence-electron chi connectivity index (χ4n) is 2.75. The normalized spacial score (nSPS) is 10.8. The van der Waals surface area contributed by atoms with E-state index in [9.17, 15) is 14.4 Å². The first-order valence-corrected chi connectivity index (χ1v) is 10.1. The Morgan fingerprint density at radius 3 is 2.70 bits per heavy atom. The van der Waals surface area contributed by atoms with Crippen LogP contribution in [0.2, 0.25) is 0 Å². The zero-order valence-electron chi connectivity index (χ0n) is 17.0. The number of methoxy groups -OCH3 is 1. The van der Waals surface area contributed by atoms with Gasteiger partial charge >= 0.3 is 0 Å². The molecule has 0 aliphatic carbocycles. The van der Waals surface area contributed by atoms with Gasteiger partial charge in [-0.25, -0.2) is 9.66 Å². The second-order valence-electron chi connectivity index (χ2n) is 6.76. The third kappa shape index (κ3) is 4.60. The maximum Gasteiger partial charge on any atom is 0.281 e. The van der Waals surface area contributed by atoms with E-state index in [1.54, 1.807) is 18.4 Å². The Kier molecular flexibility index (Phi) is 6.36. The zero-order valence-corrected chi connectivity index (χ0v) is 17.8. The molecule has 0 bridgehead atoms. The van der Waals surface area contributed by atoms with Gasteiger partial charge in [-0.05, 0) is 50.4 Å². The molecule has 3 rings (SSSR count). The summed E-state index contributed by atoms with van der Waals surface area (Å²) in [6.07, 6.45) is 0. The van der Waals surface area contributed by atoms with Crippen LogP contribution in [0.4, 0.5) is 0 Å². The molecule has 2 N–H and O–H groups in total. The Morgan fingerprint density at radius 1 is 1.23 bits per heavy atom. The summed E-state index contributed by atoms with van der Waals surface area (Å²) in [6.45, 7) is 5.16. The molecular weight excluding hydrogens is 408 g/mol. The number of hydrogen-bond acceptors (Lipinski definition) is 7. The van der Waals surface area contributed by atoms with Crippen molar-refractivity contribution in [3.8, 4) is 11.5 Å². The van der Waals surface area contributed by atoms with Crippen LogP contribution >= 0.6 is 11.3 Å². The van der Waals surface area contributed by atoms with Crippen LogP contribution in [0.1, 0.15) is 30.0 Å². The van der Waals surface area contributed by atoms with Crippen molar-refractivity contribution in [2.45, 2.75) is 26.8 Å². The predicted molar refractivity (Wildman–Crippen MR) is 114 cm³/mol. The maximum absolute atomic E-state index is 12.7. The largest absolute Gasteiger partial charge is 0.493 e. The molecule has 2 amide bonds. The minimum absolute atomic E-state index is 0.00345. The Labute approximate surface area is 176 Å². The number of carbonyl (C=O) groups is 2. The average molecular weight is 430 g/mol. The number of thiophene rings is 1. The summed E-state index contributed by atoms with van der Waals surface area (Å²) >= 11 is 1.36. The van der Waals surface area contributed by atoms with E-state index < -0.39 is 5.91 Å². The minimum Gasteiger partial charge on any atom is -0.493 e. The maximum atomic E-state index is 12.7. The summed E-state index contributed by atoms with van der Waals surface area (Å²) in [6, 6.07) is 6.20. The molecule has 0 unspecified atom stereocenters. The molecule has 10 heteroatoms. The van der Waals surface area contributed by atoms with Crippen LogP contribution in [0.15, 0.2) is 34.4 Å². The zero-order chi connectivity index (χ0) is 21.8. The van der Waals surface area contributed by atoms with Crippen molar-refractivity contribution in [1.82, 2.24) is 15.0 Å². The molecule has 2 aromatic heterocycles. The number of fused-ring (bicyclic) bond motifs is 1. The Bertz CT molecular complexity index is 1150. The van der Waals surface area contributed by atoms with Gasteiger partial charge in [-0.2, -0.15) is 0 Å². The molecule has 158 valence electrons. The van der Waals surface area contributed by atoms with Gasteiger partial charge in [0.15, 0.2) is 18.1 Å². The lowest BCUT2D eigenvalue weighted by molar-refractivity contribution is -0.123. The first-order chi connectivity index (χ1) is 14.3. The van der Waals surface area contributed by atoms with Crippen LogP contribution in [0.25, 0.3) is 10.2 Å². The molecule has 30 heavy (non-hydrogen) atoms. The van der Waals surface area contributed by atoms with Crippen molar-refractivity contribution in [2.24, 2.45) is 0 Å². The third-order valence-corrected chi connectivity index (χ3v) is 4.92. The monoisotopic (exact) mass is 430 g/mol. The molecule has 0 atom stereocenters. The van der Waals surface area contributed by atoms with Crippen molar-refractivity contribution in [1.29, 1.82) is 0 Å². The molecule has 0 fully saturated rings. The van der Waals surface area contributed by atoms with Crippen molar-refractivity contribution in [2.75, 3.05) is 19.1 Å². The molecule has 0 aliphatic heterocycles. The number of benzene rings is 1. The quantitative estimate of drug-likeness (QED) is 0.594. The van der Waals surface area contributed by atoms with Gasteiger partial charge in [-0.1, -0.05) is 0 Å². The lowest BCUT2D eigenvalue weighted by Crippen LogP contribution is -2.35. The summed E-state index contributed by atoms with van der Waals surface area (Å²) < 4.78 is 11.9. The lowest BCUT2D eigenvalue weighted by atomic mass is 10.2. The highest BCUT2D eigenvalue weighted by atomic mass is 32.1. The average Bonchev–Trinajstić information content (AvgIpc) is 3.17. The molecule has 9 nitrogen and oxygen atoms in total. The number of carbonyl (C=O) groups excluding carboxylic acids is 2. The van der Waals surface area contributed by atoms with Crippen LogP contribution in [0.5, 0.6) is 11.5 Å². The molecule has 3 aromatic rings. The fraction of sp³-hybridized carbons (Fsp3) is 0.300. The van der Waals surface area contributed by atoms with Crippen LogP contribution in [-0.2, 0) is 4.79 Å². The number of nitrogens with one attached hydrogen (secondary N) is 2. The first-order valence-electron chi connectivity index (χ1n) is 9.18. The molecule has 0 radical (unpaired) electrons. The van der Waals surface area contributed by atoms with Gasteiger partial charge in [0.25, 0.3) is 17.4 Å². The van der Waals surface area contributed by atoms with Gasteiger partial charge in [0.1, 0.15) is 10.7 Å². The van der Waals surface area contributed by atoms with E-state index in [-0.39, 0.29) is 35.4 Å². The topological polar surface area (TPSA) is 112 Å². The van der Waals surface area contributed by atoms with Gasteiger partial charge in [0, 0.05) is 11.6 Å². The highest BCUT2D eigenvalue weighted by Gasteiger charge is 2.16. The fourth-order valence-corrected chi connectivity index (χ4v) is 3.55. The molecule has 0 aliphatic rings. The van der Waals surface area contributed by atoms with Gasteiger partial charge < -0.3 is 14.8 Å². The minimum atomic E-state index is -0.515. The van der Waals surface area contributed by atoms with E-state index in [4.69, 9.17) is 9.47 Å². The smallest absolute Gasteiger partial charge is 0.281 e. The molecule has 0 spiro atoms. The van der Waals surface area contributed by atoms with Crippen molar-refractivity contribution in [3.05, 3.63) is 51.4 Å². The Morgan fingerprint density at radius 2 is 2.00 bits per heavy atom. The molecule has 0 saturated heterocycles. The molecular formula is C20H22N4O5S. The van der Waals surface area contributed by atoms with Crippen molar-refractivity contribution >= 4 is 33.4 Å². The van der Waals surface area contributed by atoms with Gasteiger partial charge in [-0.15, -0.1) is 11.3 Å². The summed E-state index contributed by atoms with van der Waals surface area (Å²) in [4.78, 5) is 42.0. The van der Waals surface area contributed by atoms with Gasteiger partial charge in [-0.3, -0.25) is 19.8 Å². The third-order valence-electron chi connectivity index (χ3n) is 4.11. The van der Waals surface area contributed by atoms with Crippen LogP contribution in [0, 0.1) is 6.92 Å². The second-order valence-corrected chi connectivity index (χ2v) is 7.65. The second kappa shape index (κ2) is 8.95. The van der Waals surface area contributed by atoms with Crippen LogP contribution < -0.4 is 25.8 Å². The van der Waals surface area contributed by atoms with Gasteiger partial charge in [0.2, 0.25) is 0 Å². The number of aryl methyl sites for hydroxylation is 1. The lowest BCUT2D eigenvalue weighted by Gasteiger charge is -2.14. The summed E-state index contributed by atoms with van der Waals surface area (Å²) in [5.41, 5.74) is 2.47.